The molecule has 2 atom stereocenters. The molecule has 2 saturated heterocycles. The van der Waals surface area contributed by atoms with Crippen molar-refractivity contribution in [3.05, 3.63) is 23.8 Å². The Kier molecular flexibility index (Phi) is 5.64. The normalized spacial score (nSPS) is 23.0. The van der Waals surface area contributed by atoms with Crippen molar-refractivity contribution in [3.63, 3.8) is 0 Å². The summed E-state index contributed by atoms with van der Waals surface area (Å²) in [4.78, 5) is 29.0. The maximum absolute atomic E-state index is 14.1. The van der Waals surface area contributed by atoms with E-state index in [0.717, 1.165) is 19.3 Å². The first-order chi connectivity index (χ1) is 12.5. The highest BCUT2D eigenvalue weighted by molar-refractivity contribution is 6.00. The predicted molar refractivity (Wildman–Crippen MR) is 94.3 cm³/mol. The minimum absolute atomic E-state index is 0.0551. The Morgan fingerprint density at radius 1 is 1.12 bits per heavy atom. The van der Waals surface area contributed by atoms with Gasteiger partial charge in [0.2, 0.25) is 5.91 Å². The van der Waals surface area contributed by atoms with Crippen LogP contribution in [0.2, 0.25) is 0 Å². The molecule has 1 aromatic carbocycles. The van der Waals surface area contributed by atoms with Crippen molar-refractivity contribution in [2.45, 2.75) is 37.9 Å². The lowest BCUT2D eigenvalue weighted by molar-refractivity contribution is -0.136. The van der Waals surface area contributed by atoms with Crippen LogP contribution in [0.3, 0.4) is 0 Å². The van der Waals surface area contributed by atoms with Gasteiger partial charge in [-0.25, -0.2) is 4.39 Å². The van der Waals surface area contributed by atoms with Crippen LogP contribution in [0.4, 0.5) is 4.39 Å². The average Bonchev–Trinajstić information content (AvgIpc) is 3.08. The third-order valence-electron chi connectivity index (χ3n) is 5.10. The molecule has 26 heavy (non-hydrogen) atoms. The summed E-state index contributed by atoms with van der Waals surface area (Å²) < 4.78 is 24.6. The van der Waals surface area contributed by atoms with Crippen LogP contribution in [0.15, 0.2) is 18.2 Å². The van der Waals surface area contributed by atoms with E-state index in [1.807, 2.05) is 0 Å². The number of hydrogen-bond donors (Lipinski definition) is 0. The van der Waals surface area contributed by atoms with Gasteiger partial charge in [0.05, 0.1) is 26.3 Å². The second-order valence-corrected chi connectivity index (χ2v) is 6.76. The minimum atomic E-state index is -1.19. The largest absolute Gasteiger partial charge is 0.497 e. The molecule has 0 spiro atoms. The van der Waals surface area contributed by atoms with Crippen LogP contribution in [-0.2, 0) is 4.79 Å². The summed E-state index contributed by atoms with van der Waals surface area (Å²) in [5.41, 5.74) is 0.304. The molecule has 6 nitrogen and oxygen atoms in total. The van der Waals surface area contributed by atoms with Crippen molar-refractivity contribution < 1.29 is 23.5 Å². The first kappa shape index (κ1) is 18.5. The van der Waals surface area contributed by atoms with E-state index in [0.29, 0.717) is 30.2 Å². The Bertz CT molecular complexity index is 676. The van der Waals surface area contributed by atoms with Crippen LogP contribution in [0.25, 0.3) is 0 Å². The summed E-state index contributed by atoms with van der Waals surface area (Å²) in [7, 11) is 2.99. The van der Waals surface area contributed by atoms with Gasteiger partial charge in [0.15, 0.2) is 0 Å². The molecule has 0 bridgehead atoms. The fourth-order valence-electron chi connectivity index (χ4n) is 3.70. The molecule has 7 heteroatoms. The summed E-state index contributed by atoms with van der Waals surface area (Å²) in [6.07, 6.45) is 1.88. The molecule has 3 rings (SSSR count). The number of likely N-dealkylation sites (tertiary alicyclic amines) is 2. The van der Waals surface area contributed by atoms with E-state index in [-0.39, 0.29) is 24.8 Å². The molecule has 2 aliphatic heterocycles. The van der Waals surface area contributed by atoms with Crippen LogP contribution < -0.4 is 9.47 Å². The fourth-order valence-corrected chi connectivity index (χ4v) is 3.70. The van der Waals surface area contributed by atoms with Crippen LogP contribution >= 0.6 is 0 Å². The topological polar surface area (TPSA) is 59.1 Å². The molecule has 0 N–H and O–H groups in total. The SMILES string of the molecule is COc1ccc(C(=O)N2C[C@@H](F)C[C@H]2C(=O)N2CCCCC2)c(OC)c1. The fraction of sp³-hybridized carbons (Fsp3) is 0.579. The Labute approximate surface area is 152 Å². The number of hydrogen-bond acceptors (Lipinski definition) is 4. The van der Waals surface area contributed by atoms with Crippen LogP contribution in [0.5, 0.6) is 11.5 Å². The van der Waals surface area contributed by atoms with E-state index in [4.69, 9.17) is 9.47 Å². The van der Waals surface area contributed by atoms with Gasteiger partial charge in [-0.1, -0.05) is 0 Å². The molecule has 0 unspecified atom stereocenters. The number of amides is 2. The zero-order valence-electron chi connectivity index (χ0n) is 15.2. The van der Waals surface area contributed by atoms with Crippen LogP contribution in [0, 0.1) is 0 Å². The Morgan fingerprint density at radius 3 is 2.50 bits per heavy atom. The molecule has 2 fully saturated rings. The Morgan fingerprint density at radius 2 is 1.85 bits per heavy atom. The lowest BCUT2D eigenvalue weighted by Gasteiger charge is -2.32. The second kappa shape index (κ2) is 7.93. The highest BCUT2D eigenvalue weighted by atomic mass is 19.1. The number of piperidine rings is 1. The first-order valence-electron chi connectivity index (χ1n) is 9.01. The number of nitrogens with zero attached hydrogens (tertiary/aromatic N) is 2. The molecular weight excluding hydrogens is 339 g/mol. The number of carbonyl (C=O) groups is 2. The van der Waals surface area contributed by atoms with Crippen molar-refractivity contribution in [2.24, 2.45) is 0 Å². The van der Waals surface area contributed by atoms with Gasteiger partial charge in [0, 0.05) is 25.6 Å². The van der Waals surface area contributed by atoms with Crippen LogP contribution in [-0.4, -0.2) is 67.7 Å². The number of halogens is 1. The average molecular weight is 364 g/mol. The molecule has 0 radical (unpaired) electrons. The quantitative estimate of drug-likeness (QED) is 0.822. The summed E-state index contributed by atoms with van der Waals surface area (Å²) >= 11 is 0. The lowest BCUT2D eigenvalue weighted by atomic mass is 10.1. The molecule has 2 aliphatic rings. The van der Waals surface area contributed by atoms with Gasteiger partial charge in [0.25, 0.3) is 5.91 Å². The standard InChI is InChI=1S/C19H25FN2O4/c1-25-14-6-7-15(17(11-14)26-2)18(23)22-12-13(20)10-16(22)19(24)21-8-4-3-5-9-21/h6-7,11,13,16H,3-5,8-10,12H2,1-2H3/t13-,16-/m0/s1. The van der Waals surface area contributed by atoms with E-state index >= 15 is 0 Å². The molecular formula is C19H25FN2O4. The predicted octanol–water partition coefficient (Wildman–Crippen LogP) is 2.27. The van der Waals surface area contributed by atoms with Crippen molar-refractivity contribution in [1.82, 2.24) is 9.80 Å². The third-order valence-corrected chi connectivity index (χ3v) is 5.10. The third kappa shape index (κ3) is 3.61. The summed E-state index contributed by atoms with van der Waals surface area (Å²) in [5.74, 6) is 0.371. The zero-order valence-corrected chi connectivity index (χ0v) is 15.2. The van der Waals surface area contributed by atoms with E-state index in [9.17, 15) is 14.0 Å². The van der Waals surface area contributed by atoms with Gasteiger partial charge in [-0.2, -0.15) is 0 Å². The summed E-state index contributed by atoms with van der Waals surface area (Å²) in [5, 5.41) is 0. The number of benzene rings is 1. The molecule has 2 heterocycles. The molecule has 142 valence electrons. The molecule has 1 aromatic rings. The van der Waals surface area contributed by atoms with Gasteiger partial charge in [-0.05, 0) is 31.4 Å². The molecule has 2 amide bonds. The van der Waals surface area contributed by atoms with E-state index in [1.165, 1.54) is 19.1 Å². The number of ether oxygens (including phenoxy) is 2. The summed E-state index contributed by atoms with van der Waals surface area (Å²) in [6, 6.07) is 4.11. The summed E-state index contributed by atoms with van der Waals surface area (Å²) in [6.45, 7) is 1.29. The monoisotopic (exact) mass is 364 g/mol. The second-order valence-electron chi connectivity index (χ2n) is 6.76. The first-order valence-corrected chi connectivity index (χ1v) is 9.01. The highest BCUT2D eigenvalue weighted by Crippen LogP contribution is 2.30. The van der Waals surface area contributed by atoms with Crippen molar-refractivity contribution in [2.75, 3.05) is 33.9 Å². The number of rotatable bonds is 4. The van der Waals surface area contributed by atoms with E-state index < -0.39 is 12.2 Å². The number of carbonyl (C=O) groups excluding carboxylic acids is 2. The van der Waals surface area contributed by atoms with E-state index in [2.05, 4.69) is 0 Å². The van der Waals surface area contributed by atoms with Crippen molar-refractivity contribution >= 4 is 11.8 Å². The Balaban J connectivity index is 1.83. The molecule has 0 aliphatic carbocycles. The van der Waals surface area contributed by atoms with Crippen molar-refractivity contribution in [3.8, 4) is 11.5 Å². The number of alkyl halides is 1. The van der Waals surface area contributed by atoms with Crippen LogP contribution in [0.1, 0.15) is 36.0 Å². The molecule has 0 saturated carbocycles. The smallest absolute Gasteiger partial charge is 0.258 e. The zero-order chi connectivity index (χ0) is 18.7. The molecule has 0 aromatic heterocycles. The maximum atomic E-state index is 14.1. The van der Waals surface area contributed by atoms with Gasteiger partial charge in [-0.3, -0.25) is 9.59 Å². The van der Waals surface area contributed by atoms with Gasteiger partial charge in [0.1, 0.15) is 23.7 Å². The van der Waals surface area contributed by atoms with E-state index in [1.54, 1.807) is 23.1 Å². The Hall–Kier alpha value is -2.31. The van der Waals surface area contributed by atoms with Crippen molar-refractivity contribution in [1.29, 1.82) is 0 Å². The maximum Gasteiger partial charge on any atom is 0.258 e. The van der Waals surface area contributed by atoms with Gasteiger partial charge >= 0.3 is 0 Å². The van der Waals surface area contributed by atoms with Gasteiger partial charge < -0.3 is 19.3 Å². The minimum Gasteiger partial charge on any atom is -0.497 e. The van der Waals surface area contributed by atoms with Gasteiger partial charge in [-0.15, -0.1) is 0 Å². The number of methoxy groups -OCH3 is 2. The lowest BCUT2D eigenvalue weighted by Crippen LogP contribution is -2.49. The highest BCUT2D eigenvalue weighted by Gasteiger charge is 2.42.